The second kappa shape index (κ2) is 6.06. The van der Waals surface area contributed by atoms with Crippen LogP contribution in [0.1, 0.15) is 6.92 Å². The first kappa shape index (κ1) is 11.6. The van der Waals surface area contributed by atoms with Gasteiger partial charge in [0.15, 0.2) is 0 Å². The molecule has 1 rings (SSSR count). The summed E-state index contributed by atoms with van der Waals surface area (Å²) in [6.07, 6.45) is -0.448. The van der Waals surface area contributed by atoms with Crippen LogP contribution in [0.3, 0.4) is 0 Å². The van der Waals surface area contributed by atoms with E-state index in [1.165, 1.54) is 4.90 Å². The summed E-state index contributed by atoms with van der Waals surface area (Å²) in [5, 5.41) is 18.3. The Morgan fingerprint density at radius 3 is 2.43 bits per heavy atom. The smallest absolute Gasteiger partial charge is 0.0570 e. The monoisotopic (exact) mass is 212 g/mol. The molecule has 3 heteroatoms. The molecule has 2 N–H and O–H groups in total. The topological polar surface area (TPSA) is 40.5 Å². The minimum Gasteiger partial charge on any atom is -0.396 e. The Balaban J connectivity index is 2.40. The summed E-state index contributed by atoms with van der Waals surface area (Å²) < 4.78 is 0. The van der Waals surface area contributed by atoms with Crippen molar-refractivity contribution >= 4 is 11.8 Å². The molecule has 1 aromatic carbocycles. The fourth-order valence-corrected chi connectivity index (χ4v) is 2.20. The van der Waals surface area contributed by atoms with E-state index in [0.717, 1.165) is 5.75 Å². The summed E-state index contributed by atoms with van der Waals surface area (Å²) in [7, 11) is 0. The van der Waals surface area contributed by atoms with Gasteiger partial charge in [-0.2, -0.15) is 0 Å². The predicted octanol–water partition coefficient (Wildman–Crippen LogP) is 1.77. The van der Waals surface area contributed by atoms with Gasteiger partial charge in [-0.1, -0.05) is 18.2 Å². The van der Waals surface area contributed by atoms with Crippen molar-refractivity contribution in [3.63, 3.8) is 0 Å². The zero-order valence-corrected chi connectivity index (χ0v) is 9.07. The summed E-state index contributed by atoms with van der Waals surface area (Å²) in [6, 6.07) is 10.0. The van der Waals surface area contributed by atoms with Gasteiger partial charge in [-0.05, 0) is 19.1 Å². The zero-order valence-electron chi connectivity index (χ0n) is 8.26. The van der Waals surface area contributed by atoms with E-state index in [0.29, 0.717) is 0 Å². The highest BCUT2D eigenvalue weighted by Crippen LogP contribution is 2.21. The van der Waals surface area contributed by atoms with E-state index in [9.17, 15) is 5.11 Å². The third-order valence-electron chi connectivity index (χ3n) is 2.12. The van der Waals surface area contributed by atoms with Crippen molar-refractivity contribution in [2.24, 2.45) is 5.92 Å². The van der Waals surface area contributed by atoms with Crippen LogP contribution in [0.15, 0.2) is 35.2 Å². The SMILES string of the molecule is CC(O)C(CO)CSc1ccccc1. The van der Waals surface area contributed by atoms with Crippen molar-refractivity contribution in [2.45, 2.75) is 17.9 Å². The fourth-order valence-electron chi connectivity index (χ4n) is 1.06. The first-order valence-corrected chi connectivity index (χ1v) is 5.69. The minimum absolute atomic E-state index is 0.0392. The zero-order chi connectivity index (χ0) is 10.4. The van der Waals surface area contributed by atoms with Crippen molar-refractivity contribution in [1.29, 1.82) is 0 Å². The maximum absolute atomic E-state index is 9.32. The second-order valence-electron chi connectivity index (χ2n) is 3.31. The number of aliphatic hydroxyl groups is 2. The Bertz CT molecular complexity index is 249. The van der Waals surface area contributed by atoms with Gasteiger partial charge in [-0.25, -0.2) is 0 Å². The average molecular weight is 212 g/mol. The van der Waals surface area contributed by atoms with E-state index >= 15 is 0 Å². The molecule has 2 atom stereocenters. The van der Waals surface area contributed by atoms with Crippen molar-refractivity contribution in [1.82, 2.24) is 0 Å². The van der Waals surface area contributed by atoms with Crippen LogP contribution in [-0.2, 0) is 0 Å². The highest BCUT2D eigenvalue weighted by molar-refractivity contribution is 7.99. The van der Waals surface area contributed by atoms with E-state index < -0.39 is 6.10 Å². The predicted molar refractivity (Wildman–Crippen MR) is 59.4 cm³/mol. The summed E-state index contributed by atoms with van der Waals surface area (Å²) in [6.45, 7) is 1.75. The van der Waals surface area contributed by atoms with Gasteiger partial charge < -0.3 is 10.2 Å². The molecular formula is C11H16O2S. The molecule has 2 unspecified atom stereocenters. The molecule has 0 spiro atoms. The van der Waals surface area contributed by atoms with E-state index in [1.54, 1.807) is 18.7 Å². The molecule has 1 aromatic rings. The highest BCUT2D eigenvalue weighted by Gasteiger charge is 2.13. The third kappa shape index (κ3) is 3.70. The molecule has 0 amide bonds. The van der Waals surface area contributed by atoms with Crippen molar-refractivity contribution in [2.75, 3.05) is 12.4 Å². The lowest BCUT2D eigenvalue weighted by Gasteiger charge is -2.16. The van der Waals surface area contributed by atoms with E-state index in [-0.39, 0.29) is 12.5 Å². The van der Waals surface area contributed by atoms with Crippen LogP contribution in [-0.4, -0.2) is 28.7 Å². The van der Waals surface area contributed by atoms with Gasteiger partial charge in [0.05, 0.1) is 6.10 Å². The average Bonchev–Trinajstić information content (AvgIpc) is 2.20. The van der Waals surface area contributed by atoms with Crippen LogP contribution in [0.2, 0.25) is 0 Å². The van der Waals surface area contributed by atoms with E-state index in [1.807, 2.05) is 30.3 Å². The Labute approximate surface area is 89.0 Å². The number of hydrogen-bond donors (Lipinski definition) is 2. The second-order valence-corrected chi connectivity index (χ2v) is 4.40. The van der Waals surface area contributed by atoms with Crippen LogP contribution in [0.25, 0.3) is 0 Å². The molecule has 0 fully saturated rings. The van der Waals surface area contributed by atoms with Crippen LogP contribution in [0.5, 0.6) is 0 Å². The van der Waals surface area contributed by atoms with Crippen LogP contribution in [0.4, 0.5) is 0 Å². The molecule has 0 aliphatic rings. The van der Waals surface area contributed by atoms with Crippen molar-refractivity contribution in [3.05, 3.63) is 30.3 Å². The lowest BCUT2D eigenvalue weighted by molar-refractivity contribution is 0.0939. The Kier molecular flexibility index (Phi) is 5.01. The largest absolute Gasteiger partial charge is 0.396 e. The van der Waals surface area contributed by atoms with Crippen molar-refractivity contribution in [3.8, 4) is 0 Å². The molecule has 14 heavy (non-hydrogen) atoms. The molecular weight excluding hydrogens is 196 g/mol. The van der Waals surface area contributed by atoms with E-state index in [2.05, 4.69) is 0 Å². The van der Waals surface area contributed by atoms with Gasteiger partial charge in [0.1, 0.15) is 0 Å². The van der Waals surface area contributed by atoms with Gasteiger partial charge >= 0.3 is 0 Å². The molecule has 0 bridgehead atoms. The Hall–Kier alpha value is -0.510. The normalized spacial score (nSPS) is 15.1. The molecule has 0 saturated heterocycles. The maximum atomic E-state index is 9.32. The molecule has 0 saturated carbocycles. The van der Waals surface area contributed by atoms with Crippen LogP contribution >= 0.6 is 11.8 Å². The molecule has 2 nitrogen and oxygen atoms in total. The molecule has 0 radical (unpaired) electrons. The number of hydrogen-bond acceptors (Lipinski definition) is 3. The van der Waals surface area contributed by atoms with Crippen LogP contribution in [0, 0.1) is 5.92 Å². The third-order valence-corrected chi connectivity index (χ3v) is 3.32. The molecule has 0 heterocycles. The standard InChI is InChI=1S/C11H16O2S/c1-9(13)10(7-12)8-14-11-5-3-2-4-6-11/h2-6,9-10,12-13H,7-8H2,1H3. The Morgan fingerprint density at radius 2 is 1.93 bits per heavy atom. The molecule has 78 valence electrons. The van der Waals surface area contributed by atoms with Gasteiger partial charge in [-0.3, -0.25) is 0 Å². The van der Waals surface area contributed by atoms with Gasteiger partial charge in [0.25, 0.3) is 0 Å². The minimum atomic E-state index is -0.448. The van der Waals surface area contributed by atoms with Crippen molar-refractivity contribution < 1.29 is 10.2 Å². The summed E-state index contributed by atoms with van der Waals surface area (Å²) in [5.74, 6) is 0.707. The summed E-state index contributed by atoms with van der Waals surface area (Å²) >= 11 is 1.66. The molecule has 0 aliphatic heterocycles. The van der Waals surface area contributed by atoms with E-state index in [4.69, 9.17) is 5.11 Å². The van der Waals surface area contributed by atoms with Crippen LogP contribution < -0.4 is 0 Å². The lowest BCUT2D eigenvalue weighted by atomic mass is 10.1. The maximum Gasteiger partial charge on any atom is 0.0570 e. The fraction of sp³-hybridized carbons (Fsp3) is 0.455. The Morgan fingerprint density at radius 1 is 1.29 bits per heavy atom. The highest BCUT2D eigenvalue weighted by atomic mass is 32.2. The number of thioether (sulfide) groups is 1. The number of benzene rings is 1. The summed E-state index contributed by atoms with van der Waals surface area (Å²) in [5.41, 5.74) is 0. The lowest BCUT2D eigenvalue weighted by Crippen LogP contribution is -2.22. The van der Waals surface area contributed by atoms with Gasteiger partial charge in [-0.15, -0.1) is 11.8 Å². The molecule has 0 aliphatic carbocycles. The first-order valence-electron chi connectivity index (χ1n) is 4.71. The van der Waals surface area contributed by atoms with Gasteiger partial charge in [0.2, 0.25) is 0 Å². The first-order chi connectivity index (χ1) is 6.74. The quantitative estimate of drug-likeness (QED) is 0.731. The molecule has 0 aromatic heterocycles. The van der Waals surface area contributed by atoms with Gasteiger partial charge in [0, 0.05) is 23.2 Å². The number of rotatable bonds is 5. The number of aliphatic hydroxyl groups excluding tert-OH is 2. The summed E-state index contributed by atoms with van der Waals surface area (Å²) in [4.78, 5) is 1.17.